The molecule has 0 rings (SSSR count). The Balaban J connectivity index is 4.33. The highest BCUT2D eigenvalue weighted by Crippen LogP contribution is 2.14. The highest BCUT2D eigenvalue weighted by molar-refractivity contribution is 7.16. The summed E-state index contributed by atoms with van der Waals surface area (Å²) in [4.78, 5) is 21.0. The molecule has 0 aliphatic heterocycles. The molecule has 68 valence electrons. The molecule has 4 nitrogen and oxygen atoms in total. The smallest absolute Gasteiger partial charge is 0.471 e. The first kappa shape index (κ1) is 11.2. The fourth-order valence-corrected chi connectivity index (χ4v) is 2.14. The van der Waals surface area contributed by atoms with E-state index in [0.717, 1.165) is 5.70 Å². The van der Waals surface area contributed by atoms with Crippen LogP contribution in [0.2, 0.25) is 0 Å². The minimum atomic E-state index is -3.31. The quantitative estimate of drug-likeness (QED) is 0.513. The Morgan fingerprint density at radius 1 is 1.33 bits per heavy atom. The van der Waals surface area contributed by atoms with Crippen molar-refractivity contribution in [3.05, 3.63) is 12.3 Å². The molecule has 0 heterocycles. The molecule has 0 saturated heterocycles. The maximum Gasteiger partial charge on any atom is 0.600 e. The van der Waals surface area contributed by atoms with Gasteiger partial charge in [-0.2, -0.15) is 0 Å². The van der Waals surface area contributed by atoms with Gasteiger partial charge < -0.3 is 8.85 Å². The molecule has 0 bridgehead atoms. The second kappa shape index (κ2) is 4.27. The van der Waals surface area contributed by atoms with Gasteiger partial charge in [0.1, 0.15) is 0 Å². The first-order valence-corrected chi connectivity index (χ1v) is 6.02. The Kier molecular flexibility index (Phi) is 3.98. The van der Waals surface area contributed by atoms with Crippen LogP contribution < -0.4 is 0 Å². The number of halogens is 1. The highest BCUT2D eigenvalue weighted by atomic mass is 35.6. The van der Waals surface area contributed by atoms with Crippen LogP contribution in [0.5, 0.6) is 0 Å². The largest absolute Gasteiger partial charge is 0.600 e. The molecule has 0 aliphatic rings. The first-order valence-electron chi connectivity index (χ1n) is 3.11. The molecule has 0 aromatic rings. The van der Waals surface area contributed by atoms with Crippen LogP contribution in [0.25, 0.3) is 0 Å². The van der Waals surface area contributed by atoms with Crippen molar-refractivity contribution in [1.82, 2.24) is 0 Å². The summed E-state index contributed by atoms with van der Waals surface area (Å²) in [7, 11) is -3.31. The molecule has 0 unspecified atom stereocenters. The van der Waals surface area contributed by atoms with Crippen LogP contribution in [-0.4, -0.2) is 19.8 Å². The summed E-state index contributed by atoms with van der Waals surface area (Å²) in [5.74, 6) is -1.20. The van der Waals surface area contributed by atoms with Crippen LogP contribution in [0.3, 0.4) is 0 Å². The number of carbonyl (C=O) groups excluding carboxylic acids is 2. The third-order valence-electron chi connectivity index (χ3n) is 0.810. The van der Waals surface area contributed by atoms with Gasteiger partial charge >= 0.3 is 7.87 Å². The van der Waals surface area contributed by atoms with Crippen molar-refractivity contribution < 1.29 is 18.4 Å². The fourth-order valence-electron chi connectivity index (χ4n) is 0.496. The van der Waals surface area contributed by atoms with Crippen LogP contribution in [0.1, 0.15) is 13.8 Å². The summed E-state index contributed by atoms with van der Waals surface area (Å²) in [5, 5.41) is 0. The standard InChI is InChI=1S/C6H9ClO4Si/c1-4-12(7,10-5(2)8)11-6(3)9/h4H,1H2,2-3H3. The molecule has 0 atom stereocenters. The Labute approximate surface area is 76.1 Å². The van der Waals surface area contributed by atoms with Crippen molar-refractivity contribution in [2.45, 2.75) is 13.8 Å². The second-order valence-corrected chi connectivity index (χ2v) is 5.54. The average molecular weight is 209 g/mol. The SMILES string of the molecule is C=C[Si](Cl)(OC(C)=O)OC(C)=O. The van der Waals surface area contributed by atoms with Gasteiger partial charge in [0, 0.05) is 13.8 Å². The molecule has 6 heteroatoms. The van der Waals surface area contributed by atoms with E-state index in [-0.39, 0.29) is 0 Å². The number of rotatable bonds is 3. The normalized spacial score (nSPS) is 10.2. The lowest BCUT2D eigenvalue weighted by atomic mass is 10.9. The lowest BCUT2D eigenvalue weighted by Gasteiger charge is -2.17. The summed E-state index contributed by atoms with van der Waals surface area (Å²) < 4.78 is 9.20. The van der Waals surface area contributed by atoms with Crippen molar-refractivity contribution in [2.24, 2.45) is 0 Å². The zero-order valence-corrected chi connectivity index (χ0v) is 8.55. The fraction of sp³-hybridized carbons (Fsp3) is 0.333. The predicted octanol–water partition coefficient (Wildman–Crippen LogP) is 1.02. The zero-order valence-electron chi connectivity index (χ0n) is 6.80. The van der Waals surface area contributed by atoms with E-state index in [1.54, 1.807) is 0 Å². The molecule has 0 fully saturated rings. The lowest BCUT2D eigenvalue weighted by molar-refractivity contribution is -0.137. The number of hydrogen-bond acceptors (Lipinski definition) is 4. The molecule has 0 amide bonds. The number of carbonyl (C=O) groups is 2. The van der Waals surface area contributed by atoms with Gasteiger partial charge in [-0.1, -0.05) is 17.7 Å². The van der Waals surface area contributed by atoms with Crippen LogP contribution >= 0.6 is 11.1 Å². The maximum atomic E-state index is 10.5. The topological polar surface area (TPSA) is 52.6 Å². The monoisotopic (exact) mass is 208 g/mol. The van der Waals surface area contributed by atoms with Gasteiger partial charge in [0.2, 0.25) is 0 Å². The van der Waals surface area contributed by atoms with E-state index in [0.29, 0.717) is 0 Å². The van der Waals surface area contributed by atoms with E-state index in [4.69, 9.17) is 11.1 Å². The minimum Gasteiger partial charge on any atom is -0.471 e. The van der Waals surface area contributed by atoms with Crippen molar-refractivity contribution in [2.75, 3.05) is 0 Å². The van der Waals surface area contributed by atoms with Crippen LogP contribution in [0.15, 0.2) is 12.3 Å². The van der Waals surface area contributed by atoms with Crippen LogP contribution in [0.4, 0.5) is 0 Å². The third-order valence-corrected chi connectivity index (χ3v) is 3.35. The zero-order chi connectivity index (χ0) is 9.78. The molecule has 0 saturated carbocycles. The van der Waals surface area contributed by atoms with Crippen molar-refractivity contribution in [3.63, 3.8) is 0 Å². The van der Waals surface area contributed by atoms with Gasteiger partial charge in [-0.05, 0) is 5.70 Å². The molecule has 12 heavy (non-hydrogen) atoms. The van der Waals surface area contributed by atoms with Crippen molar-refractivity contribution >= 4 is 30.9 Å². The summed E-state index contributed by atoms with van der Waals surface area (Å²) in [6, 6.07) is 0. The van der Waals surface area contributed by atoms with Gasteiger partial charge in [-0.25, -0.2) is 0 Å². The molecule has 0 aromatic carbocycles. The maximum absolute atomic E-state index is 10.5. The summed E-state index contributed by atoms with van der Waals surface area (Å²) >= 11 is 5.65. The van der Waals surface area contributed by atoms with Crippen LogP contribution in [0, 0.1) is 0 Å². The average Bonchev–Trinajstić information content (AvgIpc) is 1.83. The highest BCUT2D eigenvalue weighted by Gasteiger charge is 2.39. The van der Waals surface area contributed by atoms with Gasteiger partial charge in [0.15, 0.2) is 0 Å². The van der Waals surface area contributed by atoms with E-state index in [9.17, 15) is 9.59 Å². The van der Waals surface area contributed by atoms with E-state index in [1.165, 1.54) is 13.8 Å². The van der Waals surface area contributed by atoms with Gasteiger partial charge in [-0.15, -0.1) is 0 Å². The van der Waals surface area contributed by atoms with Gasteiger partial charge in [-0.3, -0.25) is 9.59 Å². The molecule has 0 radical (unpaired) electrons. The molecule has 0 N–H and O–H groups in total. The summed E-state index contributed by atoms with van der Waals surface area (Å²) in [5.41, 5.74) is 1.15. The van der Waals surface area contributed by atoms with Crippen LogP contribution in [-0.2, 0) is 18.4 Å². The van der Waals surface area contributed by atoms with Gasteiger partial charge in [0.05, 0.1) is 0 Å². The third kappa shape index (κ3) is 4.15. The van der Waals surface area contributed by atoms with Gasteiger partial charge in [0.25, 0.3) is 11.9 Å². The van der Waals surface area contributed by atoms with E-state index in [2.05, 4.69) is 15.4 Å². The van der Waals surface area contributed by atoms with Crippen molar-refractivity contribution in [1.29, 1.82) is 0 Å². The number of hydrogen-bond donors (Lipinski definition) is 0. The van der Waals surface area contributed by atoms with E-state index >= 15 is 0 Å². The molecule has 0 aliphatic carbocycles. The van der Waals surface area contributed by atoms with Crippen molar-refractivity contribution in [3.8, 4) is 0 Å². The molecule has 0 aromatic heterocycles. The molecular formula is C6H9ClO4Si. The Bertz CT molecular complexity index is 200. The summed E-state index contributed by atoms with van der Waals surface area (Å²) in [6.45, 7) is 5.67. The Morgan fingerprint density at radius 2 is 1.67 bits per heavy atom. The minimum absolute atomic E-state index is 0.599. The van der Waals surface area contributed by atoms with E-state index < -0.39 is 19.8 Å². The Hall–Kier alpha value is -0.813. The second-order valence-electron chi connectivity index (χ2n) is 1.97. The predicted molar refractivity (Wildman–Crippen MR) is 45.3 cm³/mol. The van der Waals surface area contributed by atoms with E-state index in [1.807, 2.05) is 0 Å². The molecule has 0 spiro atoms. The first-order chi connectivity index (χ1) is 5.39. The summed E-state index contributed by atoms with van der Waals surface area (Å²) in [6.07, 6.45) is 0. The molecular weight excluding hydrogens is 200 g/mol. The lowest BCUT2D eigenvalue weighted by Crippen LogP contribution is -2.37. The Morgan fingerprint density at radius 3 is 1.83 bits per heavy atom.